The van der Waals surface area contributed by atoms with Gasteiger partial charge in [0.25, 0.3) is 0 Å². The van der Waals surface area contributed by atoms with Crippen molar-refractivity contribution in [3.05, 3.63) is 48.5 Å². The molecule has 3 rings (SSSR count). The average Bonchev–Trinajstić information content (AvgIpc) is 2.90. The number of hydrogen-bond donors (Lipinski definition) is 0. The fraction of sp³-hybridized carbons (Fsp3) is 0.214. The lowest BCUT2D eigenvalue weighted by Crippen LogP contribution is -1.99. The summed E-state index contributed by atoms with van der Waals surface area (Å²) in [6.07, 6.45) is 3.40. The van der Waals surface area contributed by atoms with Gasteiger partial charge < -0.3 is 4.57 Å². The van der Waals surface area contributed by atoms with E-state index in [0.29, 0.717) is 5.88 Å². The highest BCUT2D eigenvalue weighted by Crippen LogP contribution is 2.23. The second-order valence-corrected chi connectivity index (χ2v) is 5.71. The van der Waals surface area contributed by atoms with E-state index in [2.05, 4.69) is 27.1 Å². The molecule has 0 spiro atoms. The number of hydrogen-bond acceptors (Lipinski definition) is 4. The maximum Gasteiger partial charge on any atom is 0.164 e. The molecule has 3 aromatic rings. The van der Waals surface area contributed by atoms with Crippen LogP contribution >= 0.6 is 23.4 Å². The van der Waals surface area contributed by atoms with Gasteiger partial charge in [0.1, 0.15) is 16.9 Å². The lowest BCUT2D eigenvalue weighted by Gasteiger charge is -2.04. The normalized spacial score (nSPS) is 11.1. The molecule has 0 bridgehead atoms. The van der Waals surface area contributed by atoms with Gasteiger partial charge in [-0.05, 0) is 5.56 Å². The van der Waals surface area contributed by atoms with Crippen LogP contribution in [0, 0.1) is 0 Å². The molecule has 6 heteroatoms. The Bertz CT molecular complexity index is 699. The third kappa shape index (κ3) is 2.78. The summed E-state index contributed by atoms with van der Waals surface area (Å²) in [6, 6.07) is 10.3. The van der Waals surface area contributed by atoms with Gasteiger partial charge in [-0.25, -0.2) is 15.0 Å². The van der Waals surface area contributed by atoms with E-state index in [0.717, 1.165) is 28.5 Å². The summed E-state index contributed by atoms with van der Waals surface area (Å²) in [5.74, 6) is 1.42. The van der Waals surface area contributed by atoms with Crippen molar-refractivity contribution >= 4 is 34.5 Å². The molecule has 0 radical (unpaired) electrons. The van der Waals surface area contributed by atoms with E-state index in [4.69, 9.17) is 11.6 Å². The lowest BCUT2D eigenvalue weighted by atomic mass is 10.2. The van der Waals surface area contributed by atoms with Crippen LogP contribution < -0.4 is 0 Å². The van der Waals surface area contributed by atoms with Crippen LogP contribution in [0.15, 0.2) is 48.0 Å². The predicted octanol–water partition coefficient (Wildman–Crippen LogP) is 3.21. The molecule has 4 nitrogen and oxygen atoms in total. The topological polar surface area (TPSA) is 43.6 Å². The summed E-state index contributed by atoms with van der Waals surface area (Å²) in [6.45, 7) is 0.758. The molecule has 0 saturated carbocycles. The first-order valence-corrected chi connectivity index (χ1v) is 7.79. The Kier molecular flexibility index (Phi) is 4.18. The molecule has 0 aliphatic rings. The number of thioether (sulfide) groups is 1. The second kappa shape index (κ2) is 6.24. The van der Waals surface area contributed by atoms with Crippen molar-refractivity contribution < 1.29 is 0 Å². The molecule has 0 aliphatic heterocycles. The van der Waals surface area contributed by atoms with E-state index in [1.165, 1.54) is 5.56 Å². The number of rotatable bonds is 5. The minimum absolute atomic E-state index is 0.598. The first-order chi connectivity index (χ1) is 9.88. The molecule has 2 heterocycles. The Balaban J connectivity index is 1.93. The molecule has 20 heavy (non-hydrogen) atoms. The van der Waals surface area contributed by atoms with Gasteiger partial charge in [0.2, 0.25) is 0 Å². The number of imidazole rings is 1. The van der Waals surface area contributed by atoms with Gasteiger partial charge in [-0.2, -0.15) is 0 Å². The molecule has 102 valence electrons. The van der Waals surface area contributed by atoms with Crippen molar-refractivity contribution in [2.45, 2.75) is 11.6 Å². The highest BCUT2D eigenvalue weighted by molar-refractivity contribution is 7.99. The highest BCUT2D eigenvalue weighted by atomic mass is 35.5. The molecule has 0 unspecified atom stereocenters. The Morgan fingerprint density at radius 3 is 2.75 bits per heavy atom. The third-order valence-corrected chi connectivity index (χ3v) is 4.27. The molecule has 0 atom stereocenters. The van der Waals surface area contributed by atoms with Crippen molar-refractivity contribution in [2.75, 3.05) is 11.6 Å². The summed E-state index contributed by atoms with van der Waals surface area (Å²) in [5.41, 5.74) is 2.93. The van der Waals surface area contributed by atoms with E-state index >= 15 is 0 Å². The van der Waals surface area contributed by atoms with Crippen molar-refractivity contribution in [2.24, 2.45) is 0 Å². The van der Waals surface area contributed by atoms with E-state index < -0.39 is 0 Å². The largest absolute Gasteiger partial charge is 0.311 e. The van der Waals surface area contributed by atoms with E-state index in [-0.39, 0.29) is 0 Å². The number of halogens is 1. The van der Waals surface area contributed by atoms with Crippen LogP contribution in [-0.2, 0) is 6.54 Å². The van der Waals surface area contributed by atoms with Gasteiger partial charge in [-0.3, -0.25) is 0 Å². The smallest absolute Gasteiger partial charge is 0.164 e. The molecular weight excluding hydrogens is 292 g/mol. The third-order valence-electron chi connectivity index (χ3n) is 2.88. The molecule has 0 saturated heterocycles. The first kappa shape index (κ1) is 13.4. The summed E-state index contributed by atoms with van der Waals surface area (Å²) >= 11 is 7.34. The maximum absolute atomic E-state index is 5.73. The van der Waals surface area contributed by atoms with Crippen LogP contribution in [0.25, 0.3) is 11.2 Å². The Labute approximate surface area is 126 Å². The summed E-state index contributed by atoms with van der Waals surface area (Å²) in [7, 11) is 0. The molecule has 1 aromatic carbocycles. The minimum atomic E-state index is 0.598. The van der Waals surface area contributed by atoms with Crippen LogP contribution in [0.2, 0.25) is 0 Å². The van der Waals surface area contributed by atoms with E-state index in [1.54, 1.807) is 18.1 Å². The van der Waals surface area contributed by atoms with Gasteiger partial charge in [-0.15, -0.1) is 23.4 Å². The molecule has 2 aromatic heterocycles. The Morgan fingerprint density at radius 2 is 1.95 bits per heavy atom. The summed E-state index contributed by atoms with van der Waals surface area (Å²) in [4.78, 5) is 13.1. The number of nitrogens with zero attached hydrogens (tertiary/aromatic N) is 4. The van der Waals surface area contributed by atoms with Gasteiger partial charge >= 0.3 is 0 Å². The van der Waals surface area contributed by atoms with Crippen LogP contribution in [0.5, 0.6) is 0 Å². The number of aromatic nitrogens is 4. The van der Waals surface area contributed by atoms with Gasteiger partial charge in [0.15, 0.2) is 5.65 Å². The number of benzene rings is 1. The van der Waals surface area contributed by atoms with E-state index in [1.807, 2.05) is 29.1 Å². The summed E-state index contributed by atoms with van der Waals surface area (Å²) in [5, 5.41) is 0.891. The molecule has 0 N–H and O–H groups in total. The second-order valence-electron chi connectivity index (χ2n) is 4.25. The van der Waals surface area contributed by atoms with Crippen LogP contribution in [-0.4, -0.2) is 31.2 Å². The van der Waals surface area contributed by atoms with Gasteiger partial charge in [0, 0.05) is 11.6 Å². The SMILES string of the molecule is ClCCSc1ncnc2c1ncn2Cc1ccccc1. The zero-order valence-electron chi connectivity index (χ0n) is 10.7. The molecular formula is C14H13ClN4S. The zero-order chi connectivity index (χ0) is 13.8. The highest BCUT2D eigenvalue weighted by Gasteiger charge is 2.10. The van der Waals surface area contributed by atoms with Gasteiger partial charge in [0.05, 0.1) is 12.9 Å². The van der Waals surface area contributed by atoms with Crippen LogP contribution in [0.1, 0.15) is 5.56 Å². The monoisotopic (exact) mass is 304 g/mol. The van der Waals surface area contributed by atoms with Crippen molar-refractivity contribution in [1.29, 1.82) is 0 Å². The quantitative estimate of drug-likeness (QED) is 0.412. The molecule has 0 fully saturated rings. The minimum Gasteiger partial charge on any atom is -0.311 e. The average molecular weight is 305 g/mol. The van der Waals surface area contributed by atoms with E-state index in [9.17, 15) is 0 Å². The van der Waals surface area contributed by atoms with Crippen LogP contribution in [0.4, 0.5) is 0 Å². The molecule has 0 amide bonds. The van der Waals surface area contributed by atoms with Crippen LogP contribution in [0.3, 0.4) is 0 Å². The summed E-state index contributed by atoms with van der Waals surface area (Å²) < 4.78 is 2.04. The fourth-order valence-electron chi connectivity index (χ4n) is 2.00. The van der Waals surface area contributed by atoms with Crippen molar-refractivity contribution in [3.63, 3.8) is 0 Å². The number of fused-ring (bicyclic) bond motifs is 1. The Hall–Kier alpha value is -1.59. The van der Waals surface area contributed by atoms with Crippen molar-refractivity contribution in [3.8, 4) is 0 Å². The molecule has 0 aliphatic carbocycles. The predicted molar refractivity (Wildman–Crippen MR) is 82.3 cm³/mol. The Morgan fingerprint density at radius 1 is 1.10 bits per heavy atom. The zero-order valence-corrected chi connectivity index (χ0v) is 12.3. The fourth-order valence-corrected chi connectivity index (χ4v) is 2.90. The number of alkyl halides is 1. The standard InChI is InChI=1S/C14H13ClN4S/c15-6-7-20-14-12-13(16-9-17-14)19(10-18-12)8-11-4-2-1-3-5-11/h1-5,9-10H,6-8H2. The van der Waals surface area contributed by atoms with Gasteiger partial charge in [-0.1, -0.05) is 30.3 Å². The first-order valence-electron chi connectivity index (χ1n) is 6.27. The van der Waals surface area contributed by atoms with Crippen molar-refractivity contribution in [1.82, 2.24) is 19.5 Å². The lowest BCUT2D eigenvalue weighted by molar-refractivity contribution is 0.812. The maximum atomic E-state index is 5.73.